The summed E-state index contributed by atoms with van der Waals surface area (Å²) in [6.45, 7) is 6.50. The van der Waals surface area contributed by atoms with E-state index in [2.05, 4.69) is 10.6 Å². The van der Waals surface area contributed by atoms with Crippen LogP contribution in [-0.4, -0.2) is 59.7 Å². The van der Waals surface area contributed by atoms with Crippen molar-refractivity contribution in [3.05, 3.63) is 23.8 Å². The topological polar surface area (TPSA) is 157 Å². The summed E-state index contributed by atoms with van der Waals surface area (Å²) in [4.78, 5) is 62.8. The Hall–Kier alpha value is -3.63. The molecule has 0 bridgehead atoms. The zero-order valence-electron chi connectivity index (χ0n) is 22.4. The fourth-order valence-electron chi connectivity index (χ4n) is 4.10. The number of carbonyl (C=O) groups is 5. The molecule has 1 heterocycles. The number of amides is 2. The Labute approximate surface area is 222 Å². The minimum Gasteiger partial charge on any atom is -0.505 e. The number of nitrogens with one attached hydrogen (secondary N) is 2. The van der Waals surface area contributed by atoms with Crippen LogP contribution in [0.5, 0.6) is 5.75 Å². The lowest BCUT2D eigenvalue weighted by Crippen LogP contribution is -2.49. The molecule has 11 nitrogen and oxygen atoms in total. The molecule has 1 aliphatic heterocycles. The van der Waals surface area contributed by atoms with Gasteiger partial charge >= 0.3 is 17.9 Å². The van der Waals surface area contributed by atoms with Gasteiger partial charge in [-0.1, -0.05) is 39.2 Å². The zero-order chi connectivity index (χ0) is 28.2. The molecule has 1 fully saturated rings. The molecule has 1 saturated heterocycles. The van der Waals surface area contributed by atoms with Gasteiger partial charge in [-0.3, -0.25) is 19.2 Å². The molecule has 4 atom stereocenters. The van der Waals surface area contributed by atoms with Gasteiger partial charge in [0.15, 0.2) is 11.9 Å². The summed E-state index contributed by atoms with van der Waals surface area (Å²) >= 11 is 0. The van der Waals surface area contributed by atoms with Crippen LogP contribution in [0, 0.1) is 5.92 Å². The summed E-state index contributed by atoms with van der Waals surface area (Å²) < 4.78 is 16.7. The maximum absolute atomic E-state index is 13.1. The van der Waals surface area contributed by atoms with Gasteiger partial charge in [-0.15, -0.1) is 0 Å². The molecule has 11 heteroatoms. The van der Waals surface area contributed by atoms with Crippen LogP contribution in [0.4, 0.5) is 5.69 Å². The predicted molar refractivity (Wildman–Crippen MR) is 137 cm³/mol. The predicted octanol–water partition coefficient (Wildman–Crippen LogP) is 3.24. The first kappa shape index (κ1) is 30.6. The lowest BCUT2D eigenvalue weighted by molar-refractivity contribution is -0.182. The number of cyclic esters (lactones) is 2. The fourth-order valence-corrected chi connectivity index (χ4v) is 4.10. The molecule has 1 aromatic carbocycles. The SMILES string of the molecule is CCCCC(=O)O[C@H]1[C@@H](C)OC(=O)[C@@H](NC(=O)c2cccc(NC(C)=O)c2O)CCOC(=O)[C@@H]1CCCC. The number of benzene rings is 1. The molecule has 1 aromatic rings. The summed E-state index contributed by atoms with van der Waals surface area (Å²) in [5.74, 6) is -4.37. The van der Waals surface area contributed by atoms with E-state index < -0.39 is 59.6 Å². The van der Waals surface area contributed by atoms with E-state index in [0.29, 0.717) is 19.3 Å². The van der Waals surface area contributed by atoms with Crippen LogP contribution < -0.4 is 10.6 Å². The number of hydrogen-bond donors (Lipinski definition) is 3. The van der Waals surface area contributed by atoms with Crippen molar-refractivity contribution in [1.82, 2.24) is 5.32 Å². The Kier molecular flexibility index (Phi) is 12.0. The van der Waals surface area contributed by atoms with Gasteiger partial charge in [-0.2, -0.15) is 0 Å². The van der Waals surface area contributed by atoms with Gasteiger partial charge in [0.05, 0.1) is 23.8 Å². The number of hydrogen-bond acceptors (Lipinski definition) is 9. The van der Waals surface area contributed by atoms with E-state index in [9.17, 15) is 29.1 Å². The highest BCUT2D eigenvalue weighted by molar-refractivity contribution is 6.02. The number of aromatic hydroxyl groups is 1. The van der Waals surface area contributed by atoms with Crippen molar-refractivity contribution in [2.75, 3.05) is 11.9 Å². The van der Waals surface area contributed by atoms with Crippen LogP contribution in [0.15, 0.2) is 18.2 Å². The van der Waals surface area contributed by atoms with Crippen LogP contribution in [0.25, 0.3) is 0 Å². The number of phenolic OH excluding ortho intramolecular Hbond substituents is 1. The van der Waals surface area contributed by atoms with Gasteiger partial charge in [0, 0.05) is 19.8 Å². The highest BCUT2D eigenvalue weighted by Crippen LogP contribution is 2.28. The van der Waals surface area contributed by atoms with E-state index in [1.54, 1.807) is 0 Å². The van der Waals surface area contributed by atoms with Crippen molar-refractivity contribution in [2.45, 2.75) is 90.9 Å². The second kappa shape index (κ2) is 14.9. The van der Waals surface area contributed by atoms with Gasteiger partial charge in [0.25, 0.3) is 5.91 Å². The van der Waals surface area contributed by atoms with Crippen molar-refractivity contribution < 1.29 is 43.3 Å². The van der Waals surface area contributed by atoms with Crippen molar-refractivity contribution in [3.8, 4) is 5.75 Å². The molecule has 1 aliphatic rings. The Morgan fingerprint density at radius 1 is 1.11 bits per heavy atom. The summed E-state index contributed by atoms with van der Waals surface area (Å²) in [6.07, 6.45) is 1.35. The molecular weight excluding hydrogens is 496 g/mol. The third-order valence-corrected chi connectivity index (χ3v) is 6.17. The first-order chi connectivity index (χ1) is 18.1. The molecule has 0 spiro atoms. The number of phenols is 1. The molecular formula is C27H38N2O9. The lowest BCUT2D eigenvalue weighted by atomic mass is 9.92. The van der Waals surface area contributed by atoms with Crippen molar-refractivity contribution in [3.63, 3.8) is 0 Å². The van der Waals surface area contributed by atoms with Crippen molar-refractivity contribution in [2.24, 2.45) is 5.92 Å². The first-order valence-corrected chi connectivity index (χ1v) is 13.1. The number of ether oxygens (including phenoxy) is 3. The van der Waals surface area contributed by atoms with Crippen LogP contribution in [-0.2, 0) is 33.4 Å². The van der Waals surface area contributed by atoms with Crippen LogP contribution in [0.2, 0.25) is 0 Å². The standard InChI is InChI=1S/C27H38N2O9/c1-5-7-10-19-24(38-22(31)13-8-6-2)16(3)37-27(35)21(14-15-36-26(19)34)29-25(33)18-11-9-12-20(23(18)32)28-17(4)30/h9,11-12,16,19,21,24,32H,5-8,10,13-15H2,1-4H3,(H,28,30)(H,29,33)/t16-,19-,21+,24+/m1/s1. The molecule has 0 aromatic heterocycles. The van der Waals surface area contributed by atoms with Crippen LogP contribution in [0.3, 0.4) is 0 Å². The van der Waals surface area contributed by atoms with Gasteiger partial charge < -0.3 is 30.0 Å². The van der Waals surface area contributed by atoms with E-state index in [1.165, 1.54) is 32.0 Å². The lowest BCUT2D eigenvalue weighted by Gasteiger charge is -2.32. The smallest absolute Gasteiger partial charge is 0.329 e. The first-order valence-electron chi connectivity index (χ1n) is 13.1. The van der Waals surface area contributed by atoms with E-state index in [0.717, 1.165) is 12.8 Å². The zero-order valence-corrected chi connectivity index (χ0v) is 22.4. The molecule has 38 heavy (non-hydrogen) atoms. The molecule has 0 saturated carbocycles. The second-order valence-corrected chi connectivity index (χ2v) is 9.31. The monoisotopic (exact) mass is 534 g/mol. The average Bonchev–Trinajstić information content (AvgIpc) is 2.86. The summed E-state index contributed by atoms with van der Waals surface area (Å²) in [6, 6.07) is 2.99. The molecule has 0 aliphatic carbocycles. The third-order valence-electron chi connectivity index (χ3n) is 6.17. The minimum absolute atomic E-state index is 0.0343. The molecule has 2 rings (SSSR count). The Morgan fingerprint density at radius 3 is 2.47 bits per heavy atom. The Bertz CT molecular complexity index is 1010. The summed E-state index contributed by atoms with van der Waals surface area (Å²) in [7, 11) is 0. The van der Waals surface area contributed by atoms with Crippen molar-refractivity contribution in [1.29, 1.82) is 0 Å². The molecule has 0 unspecified atom stereocenters. The molecule has 210 valence electrons. The number of para-hydroxylation sites is 1. The van der Waals surface area contributed by atoms with Gasteiger partial charge in [-0.05, 0) is 31.9 Å². The number of rotatable bonds is 10. The number of carbonyl (C=O) groups excluding carboxylic acids is 5. The highest BCUT2D eigenvalue weighted by atomic mass is 16.6. The molecule has 0 radical (unpaired) electrons. The summed E-state index contributed by atoms with van der Waals surface area (Å²) in [5.41, 5.74) is -0.138. The molecule has 2 amide bonds. The maximum Gasteiger partial charge on any atom is 0.329 e. The van der Waals surface area contributed by atoms with E-state index >= 15 is 0 Å². The van der Waals surface area contributed by atoms with E-state index in [-0.39, 0.29) is 30.7 Å². The Morgan fingerprint density at radius 2 is 1.82 bits per heavy atom. The van der Waals surface area contributed by atoms with Crippen LogP contribution in [0.1, 0.15) is 83.0 Å². The second-order valence-electron chi connectivity index (χ2n) is 9.31. The highest BCUT2D eigenvalue weighted by Gasteiger charge is 2.40. The normalized spacial score (nSPS) is 22.0. The third kappa shape index (κ3) is 8.74. The minimum atomic E-state index is -1.22. The van der Waals surface area contributed by atoms with Gasteiger partial charge in [-0.25, -0.2) is 4.79 Å². The molecule has 3 N–H and O–H groups in total. The number of anilines is 1. The summed E-state index contributed by atoms with van der Waals surface area (Å²) in [5, 5.41) is 15.4. The van der Waals surface area contributed by atoms with E-state index in [4.69, 9.17) is 14.2 Å². The Balaban J connectivity index is 2.25. The van der Waals surface area contributed by atoms with Crippen LogP contribution >= 0.6 is 0 Å². The quantitative estimate of drug-likeness (QED) is 0.233. The number of esters is 3. The van der Waals surface area contributed by atoms with Gasteiger partial charge in [0.2, 0.25) is 5.91 Å². The number of unbranched alkanes of at least 4 members (excludes halogenated alkanes) is 2. The van der Waals surface area contributed by atoms with Crippen molar-refractivity contribution >= 4 is 35.4 Å². The van der Waals surface area contributed by atoms with Gasteiger partial charge in [0.1, 0.15) is 12.1 Å². The fraction of sp³-hybridized carbons (Fsp3) is 0.593. The van der Waals surface area contributed by atoms with E-state index in [1.807, 2.05) is 13.8 Å². The maximum atomic E-state index is 13.1. The average molecular weight is 535 g/mol. The largest absolute Gasteiger partial charge is 0.505 e.